The summed E-state index contributed by atoms with van der Waals surface area (Å²) in [6.07, 6.45) is 0. The lowest BCUT2D eigenvalue weighted by molar-refractivity contribution is 0.355. The van der Waals surface area contributed by atoms with Gasteiger partial charge in [0.2, 0.25) is 5.88 Å². The van der Waals surface area contributed by atoms with E-state index in [1.807, 2.05) is 51.1 Å². The van der Waals surface area contributed by atoms with Gasteiger partial charge in [-0.15, -0.1) is 11.3 Å². The van der Waals surface area contributed by atoms with Crippen molar-refractivity contribution in [1.82, 2.24) is 15.0 Å². The molecule has 0 aliphatic heterocycles. The van der Waals surface area contributed by atoms with E-state index in [-0.39, 0.29) is 0 Å². The Morgan fingerprint density at radius 1 is 0.767 bits per heavy atom. The fourth-order valence-corrected chi connectivity index (χ4v) is 4.00. The quantitative estimate of drug-likeness (QED) is 0.406. The molecule has 0 atom stereocenters. The monoisotopic (exact) mass is 421 g/mol. The molecule has 0 fully saturated rings. The van der Waals surface area contributed by atoms with Gasteiger partial charge in [0, 0.05) is 28.1 Å². The van der Waals surface area contributed by atoms with Gasteiger partial charge in [-0.05, 0) is 51.5 Å². The minimum atomic E-state index is 0.478. The van der Waals surface area contributed by atoms with E-state index >= 15 is 0 Å². The van der Waals surface area contributed by atoms with Gasteiger partial charge in [0.15, 0.2) is 17.2 Å². The van der Waals surface area contributed by atoms with Crippen LogP contribution in [-0.2, 0) is 0 Å². The lowest BCUT2D eigenvalue weighted by Gasteiger charge is -2.12. The maximum Gasteiger partial charge on any atom is 0.219 e. The van der Waals surface area contributed by atoms with Crippen LogP contribution < -0.4 is 14.2 Å². The Bertz CT molecular complexity index is 1230. The van der Waals surface area contributed by atoms with E-state index in [2.05, 4.69) is 16.9 Å². The van der Waals surface area contributed by atoms with E-state index in [1.54, 1.807) is 25.6 Å². The Kier molecular flexibility index (Phi) is 5.30. The zero-order valence-electron chi connectivity index (χ0n) is 17.9. The number of thiazole rings is 1. The molecule has 0 saturated carbocycles. The first-order valence-corrected chi connectivity index (χ1v) is 10.3. The number of fused-ring (bicyclic) bond motifs is 1. The van der Waals surface area contributed by atoms with Crippen LogP contribution in [0.4, 0.5) is 0 Å². The van der Waals surface area contributed by atoms with E-state index in [9.17, 15) is 0 Å². The molecular formula is C23H23N3O3S. The molecule has 0 radical (unpaired) electrons. The third-order valence-electron chi connectivity index (χ3n) is 5.05. The number of rotatable bonds is 5. The number of pyridine rings is 2. The lowest BCUT2D eigenvalue weighted by Crippen LogP contribution is -1.97. The molecule has 0 spiro atoms. The van der Waals surface area contributed by atoms with Crippen molar-refractivity contribution in [2.45, 2.75) is 27.7 Å². The first-order valence-electron chi connectivity index (χ1n) is 9.53. The number of aryl methyl sites for hydroxylation is 4. The summed E-state index contributed by atoms with van der Waals surface area (Å²) in [7, 11) is 3.22. The number of hydrogen-bond donors (Lipinski definition) is 0. The maximum atomic E-state index is 6.21. The normalized spacial score (nSPS) is 11.0. The maximum absolute atomic E-state index is 6.21. The Hall–Kier alpha value is -3.19. The molecule has 4 rings (SSSR count). The largest absolute Gasteiger partial charge is 0.493 e. The summed E-state index contributed by atoms with van der Waals surface area (Å²) in [6, 6.07) is 9.52. The van der Waals surface area contributed by atoms with Crippen molar-refractivity contribution < 1.29 is 14.2 Å². The summed E-state index contributed by atoms with van der Waals surface area (Å²) in [4.78, 5) is 15.3. The van der Waals surface area contributed by atoms with E-state index in [0.29, 0.717) is 23.1 Å². The lowest BCUT2D eigenvalue weighted by atomic mass is 10.2. The number of methoxy groups -OCH3 is 2. The highest BCUT2D eigenvalue weighted by Gasteiger charge is 2.17. The molecule has 1 aromatic carbocycles. The van der Waals surface area contributed by atoms with Crippen LogP contribution >= 0.6 is 11.3 Å². The molecular weight excluding hydrogens is 398 g/mol. The first-order chi connectivity index (χ1) is 14.4. The zero-order valence-corrected chi connectivity index (χ0v) is 18.7. The van der Waals surface area contributed by atoms with Crippen molar-refractivity contribution in [3.8, 4) is 33.8 Å². The molecule has 3 heterocycles. The molecule has 4 aromatic rings. The van der Waals surface area contributed by atoms with Gasteiger partial charge in [0.1, 0.15) is 10.7 Å². The molecule has 0 amide bonds. The van der Waals surface area contributed by atoms with E-state index in [0.717, 1.165) is 38.6 Å². The fourth-order valence-electron chi connectivity index (χ4n) is 3.09. The second-order valence-electron chi connectivity index (χ2n) is 7.05. The average Bonchev–Trinajstić information content (AvgIpc) is 3.07. The first kappa shape index (κ1) is 20.1. The summed E-state index contributed by atoms with van der Waals surface area (Å²) in [5.74, 6) is 2.40. The Labute approximate surface area is 179 Å². The van der Waals surface area contributed by atoms with Gasteiger partial charge in [0.05, 0.1) is 25.4 Å². The summed E-state index contributed by atoms with van der Waals surface area (Å²) < 4.78 is 17.0. The van der Waals surface area contributed by atoms with Crippen LogP contribution in [0.5, 0.6) is 23.1 Å². The molecule has 0 saturated heterocycles. The topological polar surface area (TPSA) is 66.4 Å². The van der Waals surface area contributed by atoms with E-state index in [4.69, 9.17) is 19.2 Å². The van der Waals surface area contributed by atoms with E-state index in [1.165, 1.54) is 4.88 Å². The van der Waals surface area contributed by atoms with Gasteiger partial charge in [-0.3, -0.25) is 0 Å². The van der Waals surface area contributed by atoms with E-state index < -0.39 is 0 Å². The van der Waals surface area contributed by atoms with Crippen LogP contribution in [-0.4, -0.2) is 29.2 Å². The number of nitrogens with zero attached hydrogens (tertiary/aromatic N) is 3. The Balaban J connectivity index is 1.78. The van der Waals surface area contributed by atoms with Gasteiger partial charge in [-0.2, -0.15) is 0 Å². The SMILES string of the molecule is COc1cc2ccc(Oc3cc(C)c(C)nc3-c3nc(C)c(C)s3)nc2cc1OC. The Morgan fingerprint density at radius 2 is 1.50 bits per heavy atom. The average molecular weight is 422 g/mol. The second-order valence-corrected chi connectivity index (χ2v) is 8.25. The number of benzene rings is 1. The highest BCUT2D eigenvalue weighted by Crippen LogP contribution is 2.37. The number of aromatic nitrogens is 3. The van der Waals surface area contributed by atoms with Gasteiger partial charge in [-0.1, -0.05) is 0 Å². The van der Waals surface area contributed by atoms with Crippen molar-refractivity contribution >= 4 is 22.2 Å². The molecule has 3 aromatic heterocycles. The van der Waals surface area contributed by atoms with Gasteiger partial charge in [-0.25, -0.2) is 15.0 Å². The smallest absolute Gasteiger partial charge is 0.219 e. The predicted molar refractivity (Wildman–Crippen MR) is 119 cm³/mol. The van der Waals surface area contributed by atoms with Crippen molar-refractivity contribution in [2.75, 3.05) is 14.2 Å². The predicted octanol–water partition coefficient (Wildman–Crippen LogP) is 5.80. The highest BCUT2D eigenvalue weighted by molar-refractivity contribution is 7.15. The molecule has 7 heteroatoms. The molecule has 0 aliphatic carbocycles. The molecule has 0 aliphatic rings. The fraction of sp³-hybridized carbons (Fsp3) is 0.261. The number of hydrogen-bond acceptors (Lipinski definition) is 7. The van der Waals surface area contributed by atoms with Crippen molar-refractivity contribution in [1.29, 1.82) is 0 Å². The summed E-state index contributed by atoms with van der Waals surface area (Å²) >= 11 is 1.61. The molecule has 154 valence electrons. The summed E-state index contributed by atoms with van der Waals surface area (Å²) in [5, 5.41) is 1.78. The summed E-state index contributed by atoms with van der Waals surface area (Å²) in [5.41, 5.74) is 4.49. The molecule has 6 nitrogen and oxygen atoms in total. The molecule has 30 heavy (non-hydrogen) atoms. The van der Waals surface area contributed by atoms with Crippen molar-refractivity contribution in [3.63, 3.8) is 0 Å². The van der Waals surface area contributed by atoms with Crippen LogP contribution in [0.25, 0.3) is 21.6 Å². The van der Waals surface area contributed by atoms with Crippen LogP contribution in [0.3, 0.4) is 0 Å². The third-order valence-corrected chi connectivity index (χ3v) is 6.13. The van der Waals surface area contributed by atoms with Crippen LogP contribution in [0, 0.1) is 27.7 Å². The third kappa shape index (κ3) is 3.68. The molecule has 0 unspecified atom stereocenters. The molecule has 0 N–H and O–H groups in total. The molecule has 0 bridgehead atoms. The van der Waals surface area contributed by atoms with Gasteiger partial charge < -0.3 is 14.2 Å². The number of ether oxygens (including phenoxy) is 3. The standard InChI is InChI=1S/C23H23N3O3S/c1-12-9-20(22(24-13(12)2)23-25-14(3)15(4)30-23)29-21-8-7-16-10-18(27-5)19(28-6)11-17(16)26-21/h7-11H,1-6H3. The van der Waals surface area contributed by atoms with Crippen LogP contribution in [0.2, 0.25) is 0 Å². The Morgan fingerprint density at radius 3 is 2.17 bits per heavy atom. The highest BCUT2D eigenvalue weighted by atomic mass is 32.1. The van der Waals surface area contributed by atoms with Gasteiger partial charge >= 0.3 is 0 Å². The minimum absolute atomic E-state index is 0.478. The zero-order chi connectivity index (χ0) is 21.4. The second kappa shape index (κ2) is 7.91. The van der Waals surface area contributed by atoms with Crippen molar-refractivity contribution in [2.24, 2.45) is 0 Å². The van der Waals surface area contributed by atoms with Gasteiger partial charge in [0.25, 0.3) is 0 Å². The van der Waals surface area contributed by atoms with Crippen LogP contribution in [0.1, 0.15) is 21.8 Å². The van der Waals surface area contributed by atoms with Crippen LogP contribution in [0.15, 0.2) is 30.3 Å². The van der Waals surface area contributed by atoms with Crippen molar-refractivity contribution in [3.05, 3.63) is 52.2 Å². The minimum Gasteiger partial charge on any atom is -0.493 e. The summed E-state index contributed by atoms with van der Waals surface area (Å²) in [6.45, 7) is 8.07.